The summed E-state index contributed by atoms with van der Waals surface area (Å²) >= 11 is 1.45. The number of rotatable bonds is 4. The number of alkyl halides is 2. The average molecular weight is 295 g/mol. The predicted molar refractivity (Wildman–Crippen MR) is 76.1 cm³/mol. The van der Waals surface area contributed by atoms with Gasteiger partial charge in [-0.1, -0.05) is 0 Å². The van der Waals surface area contributed by atoms with Crippen LogP contribution in [-0.4, -0.2) is 28.2 Å². The summed E-state index contributed by atoms with van der Waals surface area (Å²) in [6.45, 7) is -0.421. The SMILES string of the molecule is Nc1cc(NCC(F)F)c2sc(-c3ccn[nH]3)cc2n1. The minimum Gasteiger partial charge on any atom is -0.384 e. The lowest BCUT2D eigenvalue weighted by Gasteiger charge is -2.07. The number of pyridine rings is 1. The van der Waals surface area contributed by atoms with Crippen molar-refractivity contribution in [1.82, 2.24) is 15.2 Å². The number of nitrogens with two attached hydrogens (primary N) is 1. The van der Waals surface area contributed by atoms with Gasteiger partial charge >= 0.3 is 0 Å². The molecule has 4 N–H and O–H groups in total. The van der Waals surface area contributed by atoms with Crippen LogP contribution in [0.5, 0.6) is 0 Å². The number of anilines is 2. The maximum absolute atomic E-state index is 12.3. The fourth-order valence-electron chi connectivity index (χ4n) is 1.89. The van der Waals surface area contributed by atoms with Gasteiger partial charge in [0.15, 0.2) is 0 Å². The number of thiophene rings is 1. The van der Waals surface area contributed by atoms with Crippen LogP contribution in [0.25, 0.3) is 20.8 Å². The molecule has 0 aliphatic carbocycles. The molecule has 0 saturated carbocycles. The zero-order valence-corrected chi connectivity index (χ0v) is 11.0. The highest BCUT2D eigenvalue weighted by Crippen LogP contribution is 2.36. The second-order valence-corrected chi connectivity index (χ2v) is 5.21. The third kappa shape index (κ3) is 2.42. The zero-order chi connectivity index (χ0) is 14.1. The number of H-pyrrole nitrogens is 1. The Hall–Kier alpha value is -2.22. The van der Waals surface area contributed by atoms with Crippen molar-refractivity contribution in [1.29, 1.82) is 0 Å². The Labute approximate surface area is 116 Å². The highest BCUT2D eigenvalue weighted by molar-refractivity contribution is 7.22. The molecule has 104 valence electrons. The Balaban J connectivity index is 2.05. The summed E-state index contributed by atoms with van der Waals surface area (Å²) in [6, 6.07) is 5.26. The van der Waals surface area contributed by atoms with Crippen molar-refractivity contribution in [3.8, 4) is 10.6 Å². The number of aromatic amines is 1. The van der Waals surface area contributed by atoms with E-state index in [1.807, 2.05) is 12.1 Å². The molecule has 0 bridgehead atoms. The van der Waals surface area contributed by atoms with Crippen LogP contribution in [-0.2, 0) is 0 Å². The molecule has 3 rings (SSSR count). The molecule has 5 nitrogen and oxygen atoms in total. The number of halogens is 2. The number of fused-ring (bicyclic) bond motifs is 1. The molecule has 8 heteroatoms. The number of nitrogens with zero attached hydrogens (tertiary/aromatic N) is 2. The third-order valence-corrected chi connectivity index (χ3v) is 3.90. The van der Waals surface area contributed by atoms with E-state index in [1.54, 1.807) is 12.3 Å². The van der Waals surface area contributed by atoms with Gasteiger partial charge < -0.3 is 11.1 Å². The summed E-state index contributed by atoms with van der Waals surface area (Å²) in [4.78, 5) is 5.15. The summed E-state index contributed by atoms with van der Waals surface area (Å²) in [5.41, 5.74) is 7.81. The minimum atomic E-state index is -2.42. The van der Waals surface area contributed by atoms with Crippen molar-refractivity contribution in [3.63, 3.8) is 0 Å². The summed E-state index contributed by atoms with van der Waals surface area (Å²) in [5, 5.41) is 9.45. The van der Waals surface area contributed by atoms with Crippen molar-refractivity contribution < 1.29 is 8.78 Å². The van der Waals surface area contributed by atoms with E-state index in [-0.39, 0.29) is 0 Å². The Kier molecular flexibility index (Phi) is 3.23. The quantitative estimate of drug-likeness (QED) is 0.691. The molecule has 0 spiro atoms. The van der Waals surface area contributed by atoms with Crippen LogP contribution < -0.4 is 11.1 Å². The summed E-state index contributed by atoms with van der Waals surface area (Å²) < 4.78 is 25.5. The Morgan fingerprint density at radius 2 is 2.25 bits per heavy atom. The summed E-state index contributed by atoms with van der Waals surface area (Å²) in [6.07, 6.45) is -0.774. The molecule has 0 unspecified atom stereocenters. The van der Waals surface area contributed by atoms with Crippen molar-refractivity contribution in [2.75, 3.05) is 17.6 Å². The van der Waals surface area contributed by atoms with E-state index in [0.717, 1.165) is 15.3 Å². The predicted octanol–water partition coefficient (Wildman–Crippen LogP) is 2.95. The van der Waals surface area contributed by atoms with Gasteiger partial charge in [0, 0.05) is 12.3 Å². The number of nitrogen functional groups attached to an aromatic ring is 1. The highest BCUT2D eigenvalue weighted by atomic mass is 32.1. The molecule has 0 amide bonds. The van der Waals surface area contributed by atoms with E-state index in [2.05, 4.69) is 20.5 Å². The molecular formula is C12H11F2N5S. The largest absolute Gasteiger partial charge is 0.384 e. The lowest BCUT2D eigenvalue weighted by atomic mass is 10.3. The minimum absolute atomic E-state index is 0.295. The Bertz CT molecular complexity index is 723. The van der Waals surface area contributed by atoms with E-state index in [9.17, 15) is 8.78 Å². The first kappa shape index (κ1) is 12.8. The fraction of sp³-hybridized carbons (Fsp3) is 0.167. The molecule has 3 aromatic rings. The molecule has 3 aromatic heterocycles. The first-order valence-electron chi connectivity index (χ1n) is 5.85. The first-order chi connectivity index (χ1) is 9.63. The smallest absolute Gasteiger partial charge is 0.255 e. The first-order valence-corrected chi connectivity index (χ1v) is 6.67. The van der Waals surface area contributed by atoms with Gasteiger partial charge in [-0.3, -0.25) is 5.10 Å². The molecule has 3 heterocycles. The molecule has 0 aromatic carbocycles. The van der Waals surface area contributed by atoms with Gasteiger partial charge in [0.05, 0.1) is 33.0 Å². The molecule has 20 heavy (non-hydrogen) atoms. The number of nitrogens with one attached hydrogen (secondary N) is 2. The van der Waals surface area contributed by atoms with Gasteiger partial charge in [-0.2, -0.15) is 5.10 Å². The van der Waals surface area contributed by atoms with Crippen LogP contribution in [0.3, 0.4) is 0 Å². The lowest BCUT2D eigenvalue weighted by molar-refractivity contribution is 0.163. The standard InChI is InChI=1S/C12H11F2N5S/c13-10(14)5-16-7-4-11(15)18-8-3-9(20-12(7)8)6-1-2-17-19-6/h1-4,10H,5H2,(H,17,19)(H3,15,16,18). The van der Waals surface area contributed by atoms with Crippen molar-refractivity contribution in [2.24, 2.45) is 0 Å². The van der Waals surface area contributed by atoms with E-state index >= 15 is 0 Å². The zero-order valence-electron chi connectivity index (χ0n) is 10.2. The molecule has 0 atom stereocenters. The van der Waals surface area contributed by atoms with Crippen molar-refractivity contribution in [3.05, 3.63) is 24.4 Å². The van der Waals surface area contributed by atoms with Crippen LogP contribution in [0, 0.1) is 0 Å². The maximum atomic E-state index is 12.3. The van der Waals surface area contributed by atoms with Crippen LogP contribution in [0.4, 0.5) is 20.3 Å². The summed E-state index contributed by atoms with van der Waals surface area (Å²) in [5.74, 6) is 0.295. The second-order valence-electron chi connectivity index (χ2n) is 4.16. The van der Waals surface area contributed by atoms with Crippen LogP contribution in [0.1, 0.15) is 0 Å². The maximum Gasteiger partial charge on any atom is 0.255 e. The van der Waals surface area contributed by atoms with E-state index in [4.69, 9.17) is 5.73 Å². The highest BCUT2D eigenvalue weighted by Gasteiger charge is 2.12. The fourth-order valence-corrected chi connectivity index (χ4v) is 2.95. The van der Waals surface area contributed by atoms with Gasteiger partial charge in [0.2, 0.25) is 0 Å². The molecule has 0 fully saturated rings. The van der Waals surface area contributed by atoms with Crippen LogP contribution >= 0.6 is 11.3 Å². The topological polar surface area (TPSA) is 79.6 Å². The molecule has 0 saturated heterocycles. The Morgan fingerprint density at radius 3 is 2.95 bits per heavy atom. The van der Waals surface area contributed by atoms with Crippen LogP contribution in [0.2, 0.25) is 0 Å². The molecule has 0 aliphatic rings. The van der Waals surface area contributed by atoms with Gasteiger partial charge in [-0.05, 0) is 12.1 Å². The van der Waals surface area contributed by atoms with E-state index in [0.29, 0.717) is 17.0 Å². The van der Waals surface area contributed by atoms with Crippen LogP contribution in [0.15, 0.2) is 24.4 Å². The third-order valence-electron chi connectivity index (χ3n) is 2.71. The number of aromatic nitrogens is 3. The number of hydrogen-bond acceptors (Lipinski definition) is 5. The molecule has 0 aliphatic heterocycles. The monoisotopic (exact) mass is 295 g/mol. The van der Waals surface area contributed by atoms with Crippen molar-refractivity contribution in [2.45, 2.75) is 6.43 Å². The summed E-state index contributed by atoms with van der Waals surface area (Å²) in [7, 11) is 0. The van der Waals surface area contributed by atoms with Gasteiger partial charge in [-0.25, -0.2) is 13.8 Å². The van der Waals surface area contributed by atoms with Crippen molar-refractivity contribution >= 4 is 33.1 Å². The van der Waals surface area contributed by atoms with Gasteiger partial charge in [0.25, 0.3) is 6.43 Å². The normalized spacial score (nSPS) is 11.3. The second kappa shape index (κ2) is 5.04. The number of hydrogen-bond donors (Lipinski definition) is 3. The van der Waals surface area contributed by atoms with E-state index in [1.165, 1.54) is 11.3 Å². The molecule has 0 radical (unpaired) electrons. The molecular weight excluding hydrogens is 284 g/mol. The lowest BCUT2D eigenvalue weighted by Crippen LogP contribution is -2.10. The van der Waals surface area contributed by atoms with Gasteiger partial charge in [0.1, 0.15) is 5.82 Å². The van der Waals surface area contributed by atoms with Gasteiger partial charge in [-0.15, -0.1) is 11.3 Å². The Morgan fingerprint density at radius 1 is 1.40 bits per heavy atom. The van der Waals surface area contributed by atoms with E-state index < -0.39 is 13.0 Å². The average Bonchev–Trinajstić information content (AvgIpc) is 3.03.